The fourth-order valence-corrected chi connectivity index (χ4v) is 4.34. The van der Waals surface area contributed by atoms with Gasteiger partial charge in [-0.15, -0.1) is 0 Å². The Morgan fingerprint density at radius 2 is 1.62 bits per heavy atom. The third-order valence-electron chi connectivity index (χ3n) is 6.01. The molecule has 1 aromatic rings. The molecule has 2 fully saturated rings. The molecule has 2 amide bonds. The first-order valence-electron chi connectivity index (χ1n) is 9.77. The van der Waals surface area contributed by atoms with Crippen LogP contribution in [0.2, 0.25) is 0 Å². The second-order valence-electron chi connectivity index (χ2n) is 7.76. The molecular weight excluding hydrogens is 324 g/mol. The van der Waals surface area contributed by atoms with Gasteiger partial charge in [0, 0.05) is 32.1 Å². The zero-order valence-electron chi connectivity index (χ0n) is 16.0. The summed E-state index contributed by atoms with van der Waals surface area (Å²) in [6.07, 6.45) is 5.00. The SMILES string of the molecule is C=CC(=O)N1CCC(C(=O)N2CCC(c3cc(C)ccc3C)CC2)CC1. The molecule has 0 unspecified atom stereocenters. The van der Waals surface area contributed by atoms with Crippen LogP contribution in [-0.4, -0.2) is 47.8 Å². The van der Waals surface area contributed by atoms with Gasteiger partial charge in [0.25, 0.3) is 0 Å². The number of piperidine rings is 2. The fraction of sp³-hybridized carbons (Fsp3) is 0.545. The summed E-state index contributed by atoms with van der Waals surface area (Å²) in [5.74, 6) is 0.896. The summed E-state index contributed by atoms with van der Waals surface area (Å²) < 4.78 is 0. The molecule has 0 radical (unpaired) electrons. The Morgan fingerprint density at radius 1 is 1.00 bits per heavy atom. The summed E-state index contributed by atoms with van der Waals surface area (Å²) >= 11 is 0. The molecule has 0 N–H and O–H groups in total. The largest absolute Gasteiger partial charge is 0.342 e. The van der Waals surface area contributed by atoms with Gasteiger partial charge in [0.1, 0.15) is 0 Å². The Kier molecular flexibility index (Phi) is 5.80. The third-order valence-corrected chi connectivity index (χ3v) is 6.01. The second-order valence-corrected chi connectivity index (χ2v) is 7.76. The van der Waals surface area contributed by atoms with Gasteiger partial charge in [0.15, 0.2) is 0 Å². The topological polar surface area (TPSA) is 40.6 Å². The quantitative estimate of drug-likeness (QED) is 0.780. The number of hydrogen-bond donors (Lipinski definition) is 0. The van der Waals surface area contributed by atoms with E-state index in [1.54, 1.807) is 4.90 Å². The van der Waals surface area contributed by atoms with Crippen LogP contribution in [0.3, 0.4) is 0 Å². The standard InChI is InChI=1S/C22H30N2O2/c1-4-21(25)23-11-9-19(10-12-23)22(26)24-13-7-18(8-14-24)20-15-16(2)5-6-17(20)3/h4-6,15,18-19H,1,7-14H2,2-3H3. The maximum Gasteiger partial charge on any atom is 0.245 e. The molecule has 4 nitrogen and oxygen atoms in total. The number of likely N-dealkylation sites (tertiary alicyclic amines) is 2. The Bertz CT molecular complexity index is 681. The van der Waals surface area contributed by atoms with Crippen molar-refractivity contribution in [3.63, 3.8) is 0 Å². The van der Waals surface area contributed by atoms with Gasteiger partial charge in [-0.2, -0.15) is 0 Å². The van der Waals surface area contributed by atoms with Crippen LogP contribution in [-0.2, 0) is 9.59 Å². The van der Waals surface area contributed by atoms with Gasteiger partial charge in [-0.3, -0.25) is 9.59 Å². The molecule has 0 bridgehead atoms. The molecule has 2 aliphatic rings. The number of amides is 2. The lowest BCUT2D eigenvalue weighted by atomic mass is 9.85. The van der Waals surface area contributed by atoms with E-state index >= 15 is 0 Å². The van der Waals surface area contributed by atoms with E-state index in [4.69, 9.17) is 0 Å². The van der Waals surface area contributed by atoms with Crippen molar-refractivity contribution in [2.45, 2.75) is 45.4 Å². The number of hydrogen-bond acceptors (Lipinski definition) is 2. The second kappa shape index (κ2) is 8.07. The van der Waals surface area contributed by atoms with E-state index in [0.29, 0.717) is 19.0 Å². The lowest BCUT2D eigenvalue weighted by Gasteiger charge is -2.37. The van der Waals surface area contributed by atoms with E-state index in [-0.39, 0.29) is 17.7 Å². The highest BCUT2D eigenvalue weighted by molar-refractivity contribution is 5.87. The van der Waals surface area contributed by atoms with E-state index in [0.717, 1.165) is 38.8 Å². The van der Waals surface area contributed by atoms with Crippen molar-refractivity contribution in [1.82, 2.24) is 9.80 Å². The first kappa shape index (κ1) is 18.7. The number of aryl methyl sites for hydroxylation is 2. The van der Waals surface area contributed by atoms with Gasteiger partial charge in [-0.05, 0) is 62.7 Å². The smallest absolute Gasteiger partial charge is 0.245 e. The van der Waals surface area contributed by atoms with Gasteiger partial charge in [-0.1, -0.05) is 30.3 Å². The molecule has 26 heavy (non-hydrogen) atoms. The van der Waals surface area contributed by atoms with Crippen molar-refractivity contribution >= 4 is 11.8 Å². The van der Waals surface area contributed by atoms with E-state index < -0.39 is 0 Å². The molecule has 140 valence electrons. The summed E-state index contributed by atoms with van der Waals surface area (Å²) in [6, 6.07) is 6.69. The number of benzene rings is 1. The minimum Gasteiger partial charge on any atom is -0.342 e. The zero-order valence-corrected chi connectivity index (χ0v) is 16.0. The molecule has 4 heteroatoms. The Balaban J connectivity index is 1.53. The zero-order chi connectivity index (χ0) is 18.7. The van der Waals surface area contributed by atoms with Crippen LogP contribution >= 0.6 is 0 Å². The van der Waals surface area contributed by atoms with Gasteiger partial charge in [-0.25, -0.2) is 0 Å². The fourth-order valence-electron chi connectivity index (χ4n) is 4.34. The van der Waals surface area contributed by atoms with E-state index in [1.165, 1.54) is 22.8 Å². The highest BCUT2D eigenvalue weighted by Gasteiger charge is 2.32. The number of carbonyl (C=O) groups is 2. The predicted octanol–water partition coefficient (Wildman–Crippen LogP) is 3.43. The van der Waals surface area contributed by atoms with Gasteiger partial charge in [0.2, 0.25) is 11.8 Å². The maximum atomic E-state index is 12.9. The summed E-state index contributed by atoms with van der Waals surface area (Å²) in [7, 11) is 0. The highest BCUT2D eigenvalue weighted by atomic mass is 16.2. The van der Waals surface area contributed by atoms with Gasteiger partial charge < -0.3 is 9.80 Å². The van der Waals surface area contributed by atoms with Gasteiger partial charge in [0.05, 0.1) is 0 Å². The van der Waals surface area contributed by atoms with Crippen molar-refractivity contribution in [3.8, 4) is 0 Å². The molecule has 1 aromatic carbocycles. The average molecular weight is 354 g/mol. The molecule has 0 saturated carbocycles. The van der Waals surface area contributed by atoms with Crippen molar-refractivity contribution in [2.75, 3.05) is 26.2 Å². The molecule has 2 aliphatic heterocycles. The molecule has 0 atom stereocenters. The van der Waals surface area contributed by atoms with Crippen LogP contribution in [0.25, 0.3) is 0 Å². The third kappa shape index (κ3) is 4.00. The molecular formula is C22H30N2O2. The molecule has 0 spiro atoms. The molecule has 0 aromatic heterocycles. The minimum atomic E-state index is -0.0229. The monoisotopic (exact) mass is 354 g/mol. The van der Waals surface area contributed by atoms with Crippen LogP contribution in [0.1, 0.15) is 48.3 Å². The van der Waals surface area contributed by atoms with Crippen molar-refractivity contribution < 1.29 is 9.59 Å². The Labute approximate surface area is 156 Å². The molecule has 2 heterocycles. The van der Waals surface area contributed by atoms with Crippen molar-refractivity contribution in [2.24, 2.45) is 5.92 Å². The molecule has 2 saturated heterocycles. The summed E-state index contributed by atoms with van der Waals surface area (Å²) in [5, 5.41) is 0. The maximum absolute atomic E-state index is 12.9. The van der Waals surface area contributed by atoms with Crippen molar-refractivity contribution in [1.29, 1.82) is 0 Å². The van der Waals surface area contributed by atoms with E-state index in [1.807, 2.05) is 0 Å². The summed E-state index contributed by atoms with van der Waals surface area (Å²) in [5.41, 5.74) is 4.12. The first-order chi connectivity index (χ1) is 12.5. The molecule has 3 rings (SSSR count). The number of carbonyl (C=O) groups excluding carboxylic acids is 2. The van der Waals surface area contributed by atoms with Crippen molar-refractivity contribution in [3.05, 3.63) is 47.5 Å². The van der Waals surface area contributed by atoms with Crippen LogP contribution < -0.4 is 0 Å². The first-order valence-corrected chi connectivity index (χ1v) is 9.77. The lowest BCUT2D eigenvalue weighted by molar-refractivity contribution is -0.140. The average Bonchev–Trinajstić information content (AvgIpc) is 2.69. The van der Waals surface area contributed by atoms with E-state index in [2.05, 4.69) is 43.5 Å². The van der Waals surface area contributed by atoms with Crippen LogP contribution in [0, 0.1) is 19.8 Å². The highest BCUT2D eigenvalue weighted by Crippen LogP contribution is 2.32. The summed E-state index contributed by atoms with van der Waals surface area (Å²) in [4.78, 5) is 28.4. The van der Waals surface area contributed by atoms with E-state index in [9.17, 15) is 9.59 Å². The Morgan fingerprint density at radius 3 is 2.23 bits per heavy atom. The van der Waals surface area contributed by atoms with Crippen LogP contribution in [0.15, 0.2) is 30.9 Å². The van der Waals surface area contributed by atoms with Crippen LogP contribution in [0.4, 0.5) is 0 Å². The normalized spacial score (nSPS) is 19.5. The molecule has 0 aliphatic carbocycles. The lowest BCUT2D eigenvalue weighted by Crippen LogP contribution is -2.46. The number of rotatable bonds is 3. The Hall–Kier alpha value is -2.10. The summed E-state index contributed by atoms with van der Waals surface area (Å²) in [6.45, 7) is 10.9. The van der Waals surface area contributed by atoms with Gasteiger partial charge >= 0.3 is 0 Å². The number of nitrogens with zero attached hydrogens (tertiary/aromatic N) is 2. The predicted molar refractivity (Wildman–Crippen MR) is 104 cm³/mol. The minimum absolute atomic E-state index is 0.0229. The van der Waals surface area contributed by atoms with Crippen LogP contribution in [0.5, 0.6) is 0 Å².